The van der Waals surface area contributed by atoms with Crippen molar-refractivity contribution in [2.24, 2.45) is 0 Å². The third-order valence-corrected chi connectivity index (χ3v) is 0.801. The zero-order chi connectivity index (χ0) is 5.70. The van der Waals surface area contributed by atoms with Crippen molar-refractivity contribution in [2.75, 3.05) is 13.2 Å². The van der Waals surface area contributed by atoms with Crippen LogP contribution in [0.1, 0.15) is 6.42 Å². The van der Waals surface area contributed by atoms with E-state index in [9.17, 15) is 0 Å². The summed E-state index contributed by atoms with van der Waals surface area (Å²) in [7, 11) is 0. The largest absolute Gasteiger partial charge is 0.396 e. The Bertz CT molecular complexity index is 27.6. The molecule has 0 aromatic heterocycles. The van der Waals surface area contributed by atoms with E-state index in [0.29, 0.717) is 12.3 Å². The maximum atomic E-state index is 8.29. The molecule has 2 nitrogen and oxygen atoms in total. The molecule has 0 aliphatic heterocycles. The lowest BCUT2D eigenvalue weighted by Gasteiger charge is -2.02. The maximum absolute atomic E-state index is 8.29. The first kappa shape index (κ1) is 6.92. The van der Waals surface area contributed by atoms with Gasteiger partial charge in [-0.25, -0.2) is 0 Å². The number of hydrogen-bond acceptors (Lipinski definition) is 2. The Labute approximate surface area is 43.8 Å². The normalized spacial score (nSPS) is 10.3. The summed E-state index contributed by atoms with van der Waals surface area (Å²) in [5.74, 6) is 0.681. The second kappa shape index (κ2) is 4.09. The summed E-state index contributed by atoms with van der Waals surface area (Å²) in [4.78, 5) is 0. The highest BCUT2D eigenvalue weighted by Crippen LogP contribution is 1.99. The molecule has 42 valence electrons. The summed E-state index contributed by atoms with van der Waals surface area (Å²) in [6.45, 7) is 3.39. The number of aliphatic hydroxyl groups is 2. The molecule has 0 fully saturated rings. The molecule has 0 aliphatic rings. The van der Waals surface area contributed by atoms with E-state index in [0.717, 1.165) is 0 Å². The van der Waals surface area contributed by atoms with Gasteiger partial charge in [-0.15, -0.1) is 0 Å². The van der Waals surface area contributed by atoms with Crippen molar-refractivity contribution in [1.29, 1.82) is 0 Å². The van der Waals surface area contributed by atoms with Crippen LogP contribution in [-0.4, -0.2) is 23.4 Å². The molecule has 2 heteroatoms. The molecule has 0 atom stereocenters. The highest BCUT2D eigenvalue weighted by molar-refractivity contribution is 4.88. The molecule has 7 heavy (non-hydrogen) atoms. The Kier molecular flexibility index (Phi) is 4.04. The van der Waals surface area contributed by atoms with Crippen LogP contribution in [0, 0.1) is 12.8 Å². The summed E-state index contributed by atoms with van der Waals surface area (Å²) in [6.07, 6.45) is 0.521. The minimum absolute atomic E-state index is 0.0417. The average molecular weight is 102 g/mol. The minimum atomic E-state index is -0.0417. The van der Waals surface area contributed by atoms with Gasteiger partial charge in [0, 0.05) is 5.92 Å². The van der Waals surface area contributed by atoms with Crippen LogP contribution in [0.3, 0.4) is 0 Å². The fourth-order valence-corrected chi connectivity index (χ4v) is 0.208. The molecule has 0 unspecified atom stereocenters. The van der Waals surface area contributed by atoms with Crippen LogP contribution in [-0.2, 0) is 0 Å². The van der Waals surface area contributed by atoms with Crippen LogP contribution in [0.15, 0.2) is 0 Å². The second-order valence-electron chi connectivity index (χ2n) is 1.32. The quantitative estimate of drug-likeness (QED) is 0.516. The third kappa shape index (κ3) is 2.60. The Morgan fingerprint density at radius 1 is 1.29 bits per heavy atom. The van der Waals surface area contributed by atoms with Gasteiger partial charge in [-0.2, -0.15) is 0 Å². The van der Waals surface area contributed by atoms with E-state index in [1.807, 2.05) is 0 Å². The van der Waals surface area contributed by atoms with Crippen molar-refractivity contribution in [3.63, 3.8) is 0 Å². The van der Waals surface area contributed by atoms with Gasteiger partial charge in [0.25, 0.3) is 0 Å². The van der Waals surface area contributed by atoms with Gasteiger partial charge in [0.15, 0.2) is 0 Å². The van der Waals surface area contributed by atoms with Crippen molar-refractivity contribution in [3.8, 4) is 0 Å². The van der Waals surface area contributed by atoms with Crippen molar-refractivity contribution in [3.05, 3.63) is 12.8 Å². The average Bonchev–Trinajstić information content (AvgIpc) is 1.72. The molecule has 0 aromatic carbocycles. The maximum Gasteiger partial charge on any atom is 0.0516 e. The monoisotopic (exact) mass is 102 g/mol. The molecule has 0 rings (SSSR count). The molecular formula is C5H10O2. The molecule has 0 aromatic rings. The predicted molar refractivity (Wildman–Crippen MR) is 27.4 cm³/mol. The van der Waals surface area contributed by atoms with Crippen LogP contribution in [0.4, 0.5) is 0 Å². The van der Waals surface area contributed by atoms with Crippen molar-refractivity contribution in [1.82, 2.24) is 0 Å². The third-order valence-electron chi connectivity index (χ3n) is 0.801. The fourth-order valence-electron chi connectivity index (χ4n) is 0.208. The lowest BCUT2D eigenvalue weighted by Crippen LogP contribution is -2.05. The Balaban J connectivity index is 2.99. The zero-order valence-electron chi connectivity index (χ0n) is 4.22. The highest BCUT2D eigenvalue weighted by atomic mass is 16.3. The van der Waals surface area contributed by atoms with E-state index in [2.05, 4.69) is 6.92 Å². The molecule has 0 bridgehead atoms. The zero-order valence-corrected chi connectivity index (χ0v) is 4.22. The lowest BCUT2D eigenvalue weighted by molar-refractivity contribution is 0.240. The topological polar surface area (TPSA) is 40.5 Å². The van der Waals surface area contributed by atoms with Gasteiger partial charge in [-0.05, 0) is 6.42 Å². The van der Waals surface area contributed by atoms with Crippen LogP contribution >= 0.6 is 0 Å². The fraction of sp³-hybridized carbons (Fsp3) is 0.600. The lowest BCUT2D eigenvalue weighted by atomic mass is 10.1. The number of rotatable bonds is 3. The minimum Gasteiger partial charge on any atom is -0.396 e. The van der Waals surface area contributed by atoms with Crippen molar-refractivity contribution < 1.29 is 10.2 Å². The van der Waals surface area contributed by atoms with Crippen molar-refractivity contribution >= 4 is 0 Å². The smallest absolute Gasteiger partial charge is 0.0516 e. The SMILES string of the molecule is [CH2]C[C](CO)CO. The van der Waals surface area contributed by atoms with Crippen LogP contribution in [0.2, 0.25) is 0 Å². The molecule has 2 radical (unpaired) electrons. The van der Waals surface area contributed by atoms with Gasteiger partial charge in [0.2, 0.25) is 0 Å². The van der Waals surface area contributed by atoms with Gasteiger partial charge in [-0.3, -0.25) is 0 Å². The Morgan fingerprint density at radius 3 is 1.71 bits per heavy atom. The van der Waals surface area contributed by atoms with E-state index < -0.39 is 0 Å². The van der Waals surface area contributed by atoms with E-state index in [4.69, 9.17) is 10.2 Å². The predicted octanol–water partition coefficient (Wildman–Crippen LogP) is -0.230. The van der Waals surface area contributed by atoms with E-state index in [1.54, 1.807) is 0 Å². The molecule has 0 saturated heterocycles. The van der Waals surface area contributed by atoms with Crippen LogP contribution < -0.4 is 0 Å². The summed E-state index contributed by atoms with van der Waals surface area (Å²) < 4.78 is 0. The first-order valence-electron chi connectivity index (χ1n) is 2.19. The van der Waals surface area contributed by atoms with E-state index in [-0.39, 0.29) is 13.2 Å². The summed E-state index contributed by atoms with van der Waals surface area (Å²) in [5.41, 5.74) is 0. The van der Waals surface area contributed by atoms with Gasteiger partial charge in [-0.1, -0.05) is 6.92 Å². The molecule has 0 saturated carbocycles. The number of hydrogen-bond donors (Lipinski definition) is 2. The Morgan fingerprint density at radius 2 is 1.71 bits per heavy atom. The first-order chi connectivity index (χ1) is 3.35. The van der Waals surface area contributed by atoms with Gasteiger partial charge < -0.3 is 10.2 Å². The summed E-state index contributed by atoms with van der Waals surface area (Å²) in [5, 5.41) is 16.6. The van der Waals surface area contributed by atoms with E-state index >= 15 is 0 Å². The molecular weight excluding hydrogens is 92.1 g/mol. The molecule has 0 heterocycles. The first-order valence-corrected chi connectivity index (χ1v) is 2.19. The second-order valence-corrected chi connectivity index (χ2v) is 1.32. The molecule has 0 aliphatic carbocycles. The van der Waals surface area contributed by atoms with Gasteiger partial charge in [0.1, 0.15) is 0 Å². The van der Waals surface area contributed by atoms with Gasteiger partial charge >= 0.3 is 0 Å². The Hall–Kier alpha value is -0.0800. The number of aliphatic hydroxyl groups excluding tert-OH is 2. The molecule has 2 N–H and O–H groups in total. The van der Waals surface area contributed by atoms with Crippen LogP contribution in [0.5, 0.6) is 0 Å². The summed E-state index contributed by atoms with van der Waals surface area (Å²) >= 11 is 0. The van der Waals surface area contributed by atoms with Crippen LogP contribution in [0.25, 0.3) is 0 Å². The summed E-state index contributed by atoms with van der Waals surface area (Å²) in [6, 6.07) is 0. The van der Waals surface area contributed by atoms with Gasteiger partial charge in [0.05, 0.1) is 13.2 Å². The molecule has 0 spiro atoms. The van der Waals surface area contributed by atoms with E-state index in [1.165, 1.54) is 0 Å². The highest BCUT2D eigenvalue weighted by Gasteiger charge is 1.99. The standard InChI is InChI=1S/C5H10O2/c1-2-5(3-6)4-7/h6-7H,1-4H2. The molecule has 0 amide bonds. The van der Waals surface area contributed by atoms with Crippen molar-refractivity contribution in [2.45, 2.75) is 6.42 Å².